The quantitative estimate of drug-likeness (QED) is 0.605. The number of rotatable bonds is 1. The summed E-state index contributed by atoms with van der Waals surface area (Å²) >= 11 is 0. The minimum absolute atomic E-state index is 0.725. The summed E-state index contributed by atoms with van der Waals surface area (Å²) in [5.74, 6) is 0. The summed E-state index contributed by atoms with van der Waals surface area (Å²) in [5.41, 5.74) is 6.36. The van der Waals surface area contributed by atoms with Gasteiger partial charge in [0, 0.05) is 18.0 Å². The third-order valence-electron chi connectivity index (χ3n) is 1.70. The van der Waals surface area contributed by atoms with Crippen molar-refractivity contribution < 1.29 is 0 Å². The van der Waals surface area contributed by atoms with Crippen LogP contribution in [0.4, 0.5) is 0 Å². The Kier molecular flexibility index (Phi) is 2.33. The fraction of sp³-hybridized carbons (Fsp3) is 0.222. The highest BCUT2D eigenvalue weighted by Crippen LogP contribution is 1.81. The predicted molar refractivity (Wildman–Crippen MR) is 50.4 cm³/mol. The molecule has 0 radical (unpaired) electrons. The Labute approximate surface area is 71.5 Å². The minimum Gasteiger partial charge on any atom is -0.399 e. The van der Waals surface area contributed by atoms with Crippen LogP contribution in [0.5, 0.6) is 0 Å². The second-order valence-electron chi connectivity index (χ2n) is 2.61. The van der Waals surface area contributed by atoms with Crippen LogP contribution in [-0.2, 0) is 7.05 Å². The first kappa shape index (κ1) is 8.59. The van der Waals surface area contributed by atoms with Crippen LogP contribution in [0.15, 0.2) is 18.0 Å². The van der Waals surface area contributed by atoms with Crippen molar-refractivity contribution in [1.82, 2.24) is 9.78 Å². The predicted octanol–water partition coefficient (Wildman–Crippen LogP) is -0.527. The molecule has 0 bridgehead atoms. The average molecular weight is 163 g/mol. The van der Waals surface area contributed by atoms with Crippen molar-refractivity contribution in [2.24, 2.45) is 12.8 Å². The third kappa shape index (κ3) is 1.56. The van der Waals surface area contributed by atoms with Gasteiger partial charge in [0.2, 0.25) is 0 Å². The highest BCUT2D eigenvalue weighted by molar-refractivity contribution is 5.42. The zero-order chi connectivity index (χ0) is 9.14. The van der Waals surface area contributed by atoms with Gasteiger partial charge in [-0.2, -0.15) is 5.10 Å². The number of hydrogen-bond donors (Lipinski definition) is 1. The van der Waals surface area contributed by atoms with E-state index < -0.39 is 0 Å². The molecule has 2 N–H and O–H groups in total. The van der Waals surface area contributed by atoms with Gasteiger partial charge >= 0.3 is 0 Å². The number of aromatic nitrogens is 2. The van der Waals surface area contributed by atoms with E-state index in [1.807, 2.05) is 26.1 Å². The molecule has 0 atom stereocenters. The zero-order valence-corrected chi connectivity index (χ0v) is 7.41. The van der Waals surface area contributed by atoms with Crippen LogP contribution in [0.3, 0.4) is 0 Å². The molecule has 0 fully saturated rings. The Bertz CT molecular complexity index is 398. The molecule has 1 rings (SSSR count). The lowest BCUT2D eigenvalue weighted by atomic mass is 10.3. The maximum atomic E-state index is 5.64. The lowest BCUT2D eigenvalue weighted by molar-refractivity contribution is 0.742. The van der Waals surface area contributed by atoms with Gasteiger partial charge in [0.05, 0.1) is 11.5 Å². The summed E-state index contributed by atoms with van der Waals surface area (Å²) in [7, 11) is 1.86. The van der Waals surface area contributed by atoms with Crippen molar-refractivity contribution in [3.05, 3.63) is 28.5 Å². The molecule has 3 heteroatoms. The second kappa shape index (κ2) is 3.26. The molecule has 0 saturated heterocycles. The van der Waals surface area contributed by atoms with Gasteiger partial charge < -0.3 is 5.73 Å². The molecule has 1 heterocycles. The van der Waals surface area contributed by atoms with Gasteiger partial charge in [-0.05, 0) is 13.0 Å². The van der Waals surface area contributed by atoms with Crippen LogP contribution in [0.25, 0.3) is 12.7 Å². The van der Waals surface area contributed by atoms with Crippen LogP contribution in [0.2, 0.25) is 0 Å². The van der Waals surface area contributed by atoms with Crippen LogP contribution in [0.1, 0.15) is 6.92 Å². The summed E-state index contributed by atoms with van der Waals surface area (Å²) in [6, 6.07) is 0. The minimum atomic E-state index is 0.725. The maximum Gasteiger partial charge on any atom is 0.0693 e. The van der Waals surface area contributed by atoms with Crippen molar-refractivity contribution in [3.8, 4) is 0 Å². The first-order chi connectivity index (χ1) is 5.65. The first-order valence-electron chi connectivity index (χ1n) is 3.75. The molecule has 1 aromatic rings. The SMILES string of the molecule is C=c1cnn(C)/c1=C/C(N)=C\C. The van der Waals surface area contributed by atoms with Crippen LogP contribution < -0.4 is 16.3 Å². The highest BCUT2D eigenvalue weighted by atomic mass is 15.2. The third-order valence-corrected chi connectivity index (χ3v) is 1.70. The number of nitrogens with zero attached hydrogens (tertiary/aromatic N) is 2. The van der Waals surface area contributed by atoms with E-state index in [9.17, 15) is 0 Å². The van der Waals surface area contributed by atoms with E-state index in [1.54, 1.807) is 10.9 Å². The smallest absolute Gasteiger partial charge is 0.0693 e. The van der Waals surface area contributed by atoms with Crippen molar-refractivity contribution >= 4 is 12.7 Å². The lowest BCUT2D eigenvalue weighted by Crippen LogP contribution is -2.27. The molecule has 0 aliphatic heterocycles. The molecule has 0 aromatic carbocycles. The van der Waals surface area contributed by atoms with Gasteiger partial charge in [0.15, 0.2) is 0 Å². The number of allylic oxidation sites excluding steroid dienone is 2. The molecule has 1 aromatic heterocycles. The molecule has 0 spiro atoms. The Morgan fingerprint density at radius 1 is 1.75 bits per heavy atom. The van der Waals surface area contributed by atoms with E-state index in [1.165, 1.54) is 0 Å². The van der Waals surface area contributed by atoms with Gasteiger partial charge in [0.25, 0.3) is 0 Å². The highest BCUT2D eigenvalue weighted by Gasteiger charge is 1.89. The van der Waals surface area contributed by atoms with Crippen molar-refractivity contribution in [2.75, 3.05) is 0 Å². The van der Waals surface area contributed by atoms with E-state index >= 15 is 0 Å². The Hall–Kier alpha value is -1.51. The summed E-state index contributed by atoms with van der Waals surface area (Å²) in [4.78, 5) is 0. The second-order valence-corrected chi connectivity index (χ2v) is 2.61. The summed E-state index contributed by atoms with van der Waals surface area (Å²) in [5, 5.41) is 5.88. The number of hydrogen-bond acceptors (Lipinski definition) is 2. The summed E-state index contributed by atoms with van der Waals surface area (Å²) < 4.78 is 1.75. The van der Waals surface area contributed by atoms with Gasteiger partial charge in [-0.1, -0.05) is 12.7 Å². The van der Waals surface area contributed by atoms with Crippen LogP contribution in [0, 0.1) is 0 Å². The molecular weight excluding hydrogens is 150 g/mol. The molecule has 64 valence electrons. The number of nitrogens with two attached hydrogens (primary N) is 1. The molecule has 3 nitrogen and oxygen atoms in total. The Morgan fingerprint density at radius 2 is 2.42 bits per heavy atom. The molecule has 0 unspecified atom stereocenters. The monoisotopic (exact) mass is 163 g/mol. The lowest BCUT2D eigenvalue weighted by Gasteiger charge is -1.90. The van der Waals surface area contributed by atoms with Crippen molar-refractivity contribution in [3.63, 3.8) is 0 Å². The normalized spacial score (nSPS) is 13.8. The standard InChI is InChI=1S/C9H13N3/c1-4-8(10)5-9-7(2)6-11-12(9)3/h4-6H,2,10H2,1,3H3/b8-4+,9-5+. The van der Waals surface area contributed by atoms with E-state index in [2.05, 4.69) is 11.7 Å². The largest absolute Gasteiger partial charge is 0.399 e. The summed E-state index contributed by atoms with van der Waals surface area (Å²) in [6.07, 6.45) is 5.41. The first-order valence-corrected chi connectivity index (χ1v) is 3.75. The molecular formula is C9H13N3. The van der Waals surface area contributed by atoms with Gasteiger partial charge in [-0.3, -0.25) is 4.68 Å². The topological polar surface area (TPSA) is 43.8 Å². The van der Waals surface area contributed by atoms with Crippen molar-refractivity contribution in [1.29, 1.82) is 0 Å². The Balaban J connectivity index is 3.36. The van der Waals surface area contributed by atoms with Gasteiger partial charge in [0.1, 0.15) is 0 Å². The van der Waals surface area contributed by atoms with Crippen LogP contribution >= 0.6 is 0 Å². The maximum absolute atomic E-state index is 5.64. The van der Waals surface area contributed by atoms with E-state index in [0.717, 1.165) is 16.3 Å². The van der Waals surface area contributed by atoms with Crippen molar-refractivity contribution in [2.45, 2.75) is 6.92 Å². The fourth-order valence-electron chi connectivity index (χ4n) is 0.920. The molecule has 12 heavy (non-hydrogen) atoms. The summed E-state index contributed by atoms with van der Waals surface area (Å²) in [6.45, 7) is 5.73. The van der Waals surface area contributed by atoms with E-state index in [4.69, 9.17) is 5.73 Å². The Morgan fingerprint density at radius 3 is 2.83 bits per heavy atom. The van der Waals surface area contributed by atoms with E-state index in [0.29, 0.717) is 0 Å². The zero-order valence-electron chi connectivity index (χ0n) is 7.41. The molecule has 0 aliphatic rings. The van der Waals surface area contributed by atoms with Gasteiger partial charge in [-0.15, -0.1) is 0 Å². The van der Waals surface area contributed by atoms with E-state index in [-0.39, 0.29) is 0 Å². The fourth-order valence-corrected chi connectivity index (χ4v) is 0.920. The molecule has 0 aliphatic carbocycles. The molecule has 0 saturated carbocycles. The van der Waals surface area contributed by atoms with Crippen LogP contribution in [-0.4, -0.2) is 9.78 Å². The molecule has 0 amide bonds. The average Bonchev–Trinajstić information content (AvgIpc) is 2.35. The van der Waals surface area contributed by atoms with Gasteiger partial charge in [-0.25, -0.2) is 0 Å². The number of aryl methyl sites for hydroxylation is 1.